The van der Waals surface area contributed by atoms with E-state index in [0.29, 0.717) is 27.1 Å². The molecule has 6 nitrogen and oxygen atoms in total. The molecule has 0 aliphatic rings. The zero-order valence-corrected chi connectivity index (χ0v) is 13.1. The maximum Gasteiger partial charge on any atom is 0.339 e. The van der Waals surface area contributed by atoms with Gasteiger partial charge < -0.3 is 4.74 Å². The molecule has 0 bridgehead atoms. The number of carbonyl (C=O) groups is 1. The summed E-state index contributed by atoms with van der Waals surface area (Å²) in [6.07, 6.45) is 2.93. The molecule has 0 aliphatic heterocycles. The fourth-order valence-corrected chi connectivity index (χ4v) is 2.04. The lowest BCUT2D eigenvalue weighted by Crippen LogP contribution is -2.24. The molecule has 2 rings (SSSR count). The van der Waals surface area contributed by atoms with Gasteiger partial charge in [-0.2, -0.15) is 0 Å². The van der Waals surface area contributed by atoms with Crippen LogP contribution < -0.4 is 5.56 Å². The predicted octanol–water partition coefficient (Wildman–Crippen LogP) is 1.39. The fourth-order valence-electron chi connectivity index (χ4n) is 1.59. The van der Waals surface area contributed by atoms with Crippen LogP contribution in [-0.4, -0.2) is 27.6 Å². The van der Waals surface area contributed by atoms with Gasteiger partial charge in [-0.3, -0.25) is 14.3 Å². The Bertz CT molecular complexity index is 695. The third-order valence-corrected chi connectivity index (χ3v) is 3.98. The van der Waals surface area contributed by atoms with Gasteiger partial charge >= 0.3 is 5.97 Å². The first kappa shape index (κ1) is 14.6. The van der Waals surface area contributed by atoms with Crippen LogP contribution in [0, 0.1) is 10.5 Å². The summed E-state index contributed by atoms with van der Waals surface area (Å²) in [4.78, 5) is 31.6. The third kappa shape index (κ3) is 3.03. The quantitative estimate of drug-likeness (QED) is 0.590. The summed E-state index contributed by atoms with van der Waals surface area (Å²) in [7, 11) is 1.32. The number of pyridine rings is 1. The molecule has 0 aromatic carbocycles. The molecule has 7 heteroatoms. The topological polar surface area (TPSA) is 74.1 Å². The molecule has 20 heavy (non-hydrogen) atoms. The predicted molar refractivity (Wildman–Crippen MR) is 80.6 cm³/mol. The average Bonchev–Trinajstić information content (AvgIpc) is 2.48. The number of hydrogen-bond acceptors (Lipinski definition) is 5. The summed E-state index contributed by atoms with van der Waals surface area (Å²) in [6, 6.07) is 3.30. The van der Waals surface area contributed by atoms with Crippen LogP contribution >= 0.6 is 22.6 Å². The molecule has 0 spiro atoms. The number of carbonyl (C=O) groups excluding carboxylic acids is 1. The van der Waals surface area contributed by atoms with E-state index in [-0.39, 0.29) is 5.56 Å². The highest BCUT2D eigenvalue weighted by Gasteiger charge is 2.08. The second-order valence-corrected chi connectivity index (χ2v) is 5.19. The number of aromatic nitrogens is 3. The minimum Gasteiger partial charge on any atom is -0.465 e. The summed E-state index contributed by atoms with van der Waals surface area (Å²) in [5.41, 5.74) is 1.65. The SMILES string of the molecule is COC(=O)c1ccc(Cn2cnc(C)c(I)c2=O)nc1. The molecule has 0 saturated heterocycles. The number of rotatable bonds is 3. The third-order valence-electron chi connectivity index (χ3n) is 2.74. The van der Waals surface area contributed by atoms with Gasteiger partial charge in [-0.15, -0.1) is 0 Å². The molecule has 2 aromatic rings. The first-order chi connectivity index (χ1) is 9.52. The Morgan fingerprint density at radius 3 is 2.75 bits per heavy atom. The molecular formula is C13H12IN3O3. The Kier molecular flexibility index (Phi) is 4.48. The highest BCUT2D eigenvalue weighted by atomic mass is 127. The molecule has 0 aliphatic carbocycles. The standard InChI is InChI=1S/C13H12IN3O3/c1-8-11(14)12(18)17(7-16-8)6-10-4-3-9(5-15-10)13(19)20-2/h3-5,7H,6H2,1-2H3. The molecule has 2 heterocycles. The van der Waals surface area contributed by atoms with E-state index in [1.807, 2.05) is 22.6 Å². The normalized spacial score (nSPS) is 10.3. The average molecular weight is 385 g/mol. The Labute approximate surface area is 129 Å². The largest absolute Gasteiger partial charge is 0.465 e. The van der Waals surface area contributed by atoms with Crippen LogP contribution in [0.3, 0.4) is 0 Å². The van der Waals surface area contributed by atoms with Crippen LogP contribution in [0.2, 0.25) is 0 Å². The molecule has 2 aromatic heterocycles. The van der Waals surface area contributed by atoms with Gasteiger partial charge in [-0.25, -0.2) is 9.78 Å². The van der Waals surface area contributed by atoms with Crippen LogP contribution in [0.4, 0.5) is 0 Å². The minimum atomic E-state index is -0.437. The molecule has 0 amide bonds. The highest BCUT2D eigenvalue weighted by molar-refractivity contribution is 14.1. The van der Waals surface area contributed by atoms with Gasteiger partial charge in [-0.05, 0) is 41.6 Å². The number of ether oxygens (including phenoxy) is 1. The summed E-state index contributed by atoms with van der Waals surface area (Å²) in [6.45, 7) is 2.10. The highest BCUT2D eigenvalue weighted by Crippen LogP contribution is 2.05. The van der Waals surface area contributed by atoms with Crippen molar-refractivity contribution in [3.63, 3.8) is 0 Å². The van der Waals surface area contributed by atoms with Crippen LogP contribution in [0.5, 0.6) is 0 Å². The first-order valence-corrected chi connectivity index (χ1v) is 6.85. The summed E-state index contributed by atoms with van der Waals surface area (Å²) in [5.74, 6) is -0.437. The van der Waals surface area contributed by atoms with Crippen LogP contribution in [-0.2, 0) is 11.3 Å². The Balaban J connectivity index is 2.25. The molecule has 0 radical (unpaired) electrons. The van der Waals surface area contributed by atoms with Crippen molar-refractivity contribution < 1.29 is 9.53 Å². The second-order valence-electron chi connectivity index (χ2n) is 4.11. The van der Waals surface area contributed by atoms with Gasteiger partial charge in [-0.1, -0.05) is 0 Å². The number of methoxy groups -OCH3 is 1. The van der Waals surface area contributed by atoms with Gasteiger partial charge in [0.1, 0.15) is 0 Å². The zero-order valence-electron chi connectivity index (χ0n) is 11.0. The van der Waals surface area contributed by atoms with E-state index in [9.17, 15) is 9.59 Å². The van der Waals surface area contributed by atoms with Crippen LogP contribution in [0.1, 0.15) is 21.7 Å². The lowest BCUT2D eigenvalue weighted by molar-refractivity contribution is 0.0600. The lowest BCUT2D eigenvalue weighted by Gasteiger charge is -2.07. The first-order valence-electron chi connectivity index (χ1n) is 5.77. The second kappa shape index (κ2) is 6.12. The van der Waals surface area contributed by atoms with Gasteiger partial charge in [0.05, 0.1) is 40.5 Å². The van der Waals surface area contributed by atoms with Crippen LogP contribution in [0.25, 0.3) is 0 Å². The van der Waals surface area contributed by atoms with E-state index < -0.39 is 5.97 Å². The molecule has 0 N–H and O–H groups in total. The fraction of sp³-hybridized carbons (Fsp3) is 0.231. The van der Waals surface area contributed by atoms with Gasteiger partial charge in [0, 0.05) is 6.20 Å². The smallest absolute Gasteiger partial charge is 0.339 e. The number of halogens is 1. The molecular weight excluding hydrogens is 373 g/mol. The number of aryl methyl sites for hydroxylation is 1. The van der Waals surface area contributed by atoms with E-state index in [1.54, 1.807) is 19.1 Å². The van der Waals surface area contributed by atoms with Gasteiger partial charge in [0.2, 0.25) is 0 Å². The summed E-state index contributed by atoms with van der Waals surface area (Å²) < 4.78 is 6.67. The van der Waals surface area contributed by atoms with Crippen molar-refractivity contribution in [3.8, 4) is 0 Å². The molecule has 0 fully saturated rings. The maximum absolute atomic E-state index is 12.0. The molecule has 104 valence electrons. The van der Waals surface area contributed by atoms with Crippen molar-refractivity contribution in [2.24, 2.45) is 0 Å². The van der Waals surface area contributed by atoms with Gasteiger partial charge in [0.15, 0.2) is 0 Å². The van der Waals surface area contributed by atoms with Gasteiger partial charge in [0.25, 0.3) is 5.56 Å². The van der Waals surface area contributed by atoms with Crippen molar-refractivity contribution in [2.75, 3.05) is 7.11 Å². The molecule has 0 unspecified atom stereocenters. The van der Waals surface area contributed by atoms with E-state index >= 15 is 0 Å². The van der Waals surface area contributed by atoms with Crippen molar-refractivity contribution in [2.45, 2.75) is 13.5 Å². The van der Waals surface area contributed by atoms with E-state index in [0.717, 1.165) is 0 Å². The lowest BCUT2D eigenvalue weighted by atomic mass is 10.2. The molecule has 0 atom stereocenters. The van der Waals surface area contributed by atoms with Crippen molar-refractivity contribution in [1.29, 1.82) is 0 Å². The summed E-state index contributed by atoms with van der Waals surface area (Å²) in [5, 5.41) is 0. The number of esters is 1. The Hall–Kier alpha value is -1.77. The Morgan fingerprint density at radius 2 is 2.15 bits per heavy atom. The number of nitrogens with zero attached hydrogens (tertiary/aromatic N) is 3. The van der Waals surface area contributed by atoms with Crippen LogP contribution in [0.15, 0.2) is 29.5 Å². The Morgan fingerprint density at radius 1 is 1.40 bits per heavy atom. The van der Waals surface area contributed by atoms with E-state index in [4.69, 9.17) is 0 Å². The summed E-state index contributed by atoms with van der Waals surface area (Å²) >= 11 is 1.98. The minimum absolute atomic E-state index is 0.100. The van der Waals surface area contributed by atoms with Crippen molar-refractivity contribution in [1.82, 2.24) is 14.5 Å². The van der Waals surface area contributed by atoms with E-state index in [2.05, 4.69) is 14.7 Å². The zero-order chi connectivity index (χ0) is 14.7. The number of hydrogen-bond donors (Lipinski definition) is 0. The maximum atomic E-state index is 12.0. The molecule has 0 saturated carbocycles. The van der Waals surface area contributed by atoms with Crippen molar-refractivity contribution in [3.05, 3.63) is 55.5 Å². The van der Waals surface area contributed by atoms with E-state index in [1.165, 1.54) is 24.2 Å². The van der Waals surface area contributed by atoms with Crippen molar-refractivity contribution >= 4 is 28.6 Å². The monoisotopic (exact) mass is 385 g/mol.